The summed E-state index contributed by atoms with van der Waals surface area (Å²) in [6, 6.07) is 0.169. The first-order valence-electron chi connectivity index (χ1n) is 8.04. The molecular formula is C15H25N5O. The Kier molecular flexibility index (Phi) is 3.87. The number of anilines is 1. The number of carbonyl (C=O) groups is 1. The van der Waals surface area contributed by atoms with E-state index in [0.717, 1.165) is 12.1 Å². The Bertz CT molecular complexity index is 518. The van der Waals surface area contributed by atoms with E-state index in [-0.39, 0.29) is 6.03 Å². The first kappa shape index (κ1) is 14.4. The molecule has 6 heteroatoms. The van der Waals surface area contributed by atoms with Crippen LogP contribution < -0.4 is 10.6 Å². The van der Waals surface area contributed by atoms with Crippen LogP contribution in [0.3, 0.4) is 0 Å². The highest BCUT2D eigenvalue weighted by atomic mass is 16.2. The van der Waals surface area contributed by atoms with E-state index in [0.29, 0.717) is 17.3 Å². The van der Waals surface area contributed by atoms with Crippen molar-refractivity contribution in [3.8, 4) is 0 Å². The minimum Gasteiger partial charge on any atom is -0.335 e. The van der Waals surface area contributed by atoms with E-state index in [9.17, 15) is 4.79 Å². The third-order valence-corrected chi connectivity index (χ3v) is 5.40. The van der Waals surface area contributed by atoms with Crippen LogP contribution in [0, 0.1) is 12.3 Å². The molecule has 6 nitrogen and oxygen atoms in total. The molecule has 2 amide bonds. The Morgan fingerprint density at radius 1 is 1.24 bits per heavy atom. The molecule has 1 spiro atoms. The number of hydrogen-bond donors (Lipinski definition) is 2. The first-order chi connectivity index (χ1) is 10.1. The maximum atomic E-state index is 12.3. The van der Waals surface area contributed by atoms with Crippen molar-refractivity contribution in [1.29, 1.82) is 0 Å². The monoisotopic (exact) mass is 291 g/mol. The third-order valence-electron chi connectivity index (χ3n) is 5.40. The SMILES string of the molecule is Cc1c(NC(=O)NC2CCCCC23CCCC3)nnn1C. The molecule has 1 heterocycles. The zero-order chi connectivity index (χ0) is 14.9. The molecule has 1 aromatic rings. The predicted octanol–water partition coefficient (Wildman–Crippen LogP) is 2.75. The van der Waals surface area contributed by atoms with Crippen molar-refractivity contribution in [1.82, 2.24) is 20.3 Å². The molecule has 116 valence electrons. The molecule has 0 aliphatic heterocycles. The minimum atomic E-state index is -0.142. The topological polar surface area (TPSA) is 71.8 Å². The van der Waals surface area contributed by atoms with Crippen LogP contribution in [0.2, 0.25) is 0 Å². The number of carbonyl (C=O) groups excluding carboxylic acids is 1. The Morgan fingerprint density at radius 2 is 1.90 bits per heavy atom. The molecule has 0 bridgehead atoms. The van der Waals surface area contributed by atoms with Crippen LogP contribution in [0.15, 0.2) is 0 Å². The molecule has 3 rings (SSSR count). The zero-order valence-electron chi connectivity index (χ0n) is 13.0. The van der Waals surface area contributed by atoms with Gasteiger partial charge in [-0.1, -0.05) is 30.9 Å². The molecule has 0 radical (unpaired) electrons. The van der Waals surface area contributed by atoms with E-state index in [1.807, 2.05) is 14.0 Å². The van der Waals surface area contributed by atoms with Gasteiger partial charge in [-0.15, -0.1) is 5.10 Å². The van der Waals surface area contributed by atoms with Gasteiger partial charge in [0.25, 0.3) is 0 Å². The van der Waals surface area contributed by atoms with Crippen LogP contribution in [0.25, 0.3) is 0 Å². The summed E-state index contributed by atoms with van der Waals surface area (Å²) in [6.45, 7) is 1.90. The molecule has 1 atom stereocenters. The largest absolute Gasteiger partial charge is 0.335 e. The number of nitrogens with one attached hydrogen (secondary N) is 2. The van der Waals surface area contributed by atoms with Crippen LogP contribution in [0.1, 0.15) is 57.1 Å². The van der Waals surface area contributed by atoms with E-state index in [2.05, 4.69) is 20.9 Å². The van der Waals surface area contributed by atoms with Gasteiger partial charge in [0.15, 0.2) is 5.82 Å². The van der Waals surface area contributed by atoms with Crippen LogP contribution in [-0.4, -0.2) is 27.1 Å². The second-order valence-corrected chi connectivity index (χ2v) is 6.61. The Balaban J connectivity index is 1.64. The maximum Gasteiger partial charge on any atom is 0.320 e. The molecule has 2 fully saturated rings. The van der Waals surface area contributed by atoms with Gasteiger partial charge in [0, 0.05) is 13.1 Å². The fraction of sp³-hybridized carbons (Fsp3) is 0.800. The lowest BCUT2D eigenvalue weighted by Crippen LogP contribution is -2.49. The molecule has 1 aromatic heterocycles. The van der Waals surface area contributed by atoms with Crippen molar-refractivity contribution in [2.75, 3.05) is 5.32 Å². The smallest absolute Gasteiger partial charge is 0.320 e. The van der Waals surface area contributed by atoms with E-state index in [1.54, 1.807) is 4.68 Å². The molecule has 2 aliphatic rings. The highest BCUT2D eigenvalue weighted by molar-refractivity contribution is 5.88. The normalized spacial score (nSPS) is 24.2. The standard InChI is InChI=1S/C15H25N5O/c1-11-13(18-19-20(11)2)17-14(21)16-12-7-3-4-8-15(12)9-5-6-10-15/h12H,3-10H2,1-2H3,(H2,16,17,21). The number of nitrogens with zero attached hydrogens (tertiary/aromatic N) is 3. The number of amides is 2. The molecule has 0 saturated heterocycles. The second-order valence-electron chi connectivity index (χ2n) is 6.61. The quantitative estimate of drug-likeness (QED) is 0.880. The van der Waals surface area contributed by atoms with Gasteiger partial charge < -0.3 is 5.32 Å². The first-order valence-corrected chi connectivity index (χ1v) is 8.04. The molecular weight excluding hydrogens is 266 g/mol. The lowest BCUT2D eigenvalue weighted by atomic mass is 9.69. The number of aromatic nitrogens is 3. The van der Waals surface area contributed by atoms with Crippen molar-refractivity contribution >= 4 is 11.8 Å². The third kappa shape index (κ3) is 2.76. The lowest BCUT2D eigenvalue weighted by Gasteiger charge is -2.41. The van der Waals surface area contributed by atoms with Crippen molar-refractivity contribution in [2.45, 2.75) is 64.3 Å². The summed E-state index contributed by atoms with van der Waals surface area (Å²) in [4.78, 5) is 12.3. The van der Waals surface area contributed by atoms with E-state index in [1.165, 1.54) is 44.9 Å². The molecule has 2 aliphatic carbocycles. The van der Waals surface area contributed by atoms with Crippen LogP contribution in [0.5, 0.6) is 0 Å². The van der Waals surface area contributed by atoms with Gasteiger partial charge in [-0.3, -0.25) is 10.00 Å². The summed E-state index contributed by atoms with van der Waals surface area (Å²) in [6.07, 6.45) is 10.0. The van der Waals surface area contributed by atoms with Gasteiger partial charge in [0.2, 0.25) is 0 Å². The molecule has 2 saturated carbocycles. The van der Waals surface area contributed by atoms with Crippen molar-refractivity contribution < 1.29 is 4.79 Å². The number of urea groups is 1. The number of aryl methyl sites for hydroxylation is 1. The van der Waals surface area contributed by atoms with Gasteiger partial charge >= 0.3 is 6.03 Å². The van der Waals surface area contributed by atoms with Crippen LogP contribution in [-0.2, 0) is 7.05 Å². The fourth-order valence-electron chi connectivity index (χ4n) is 4.03. The summed E-state index contributed by atoms with van der Waals surface area (Å²) >= 11 is 0. The van der Waals surface area contributed by atoms with Gasteiger partial charge in [0.1, 0.15) is 0 Å². The van der Waals surface area contributed by atoms with Crippen LogP contribution >= 0.6 is 0 Å². The van der Waals surface area contributed by atoms with Gasteiger partial charge in [0.05, 0.1) is 5.69 Å². The Hall–Kier alpha value is -1.59. The van der Waals surface area contributed by atoms with Crippen molar-refractivity contribution in [3.63, 3.8) is 0 Å². The zero-order valence-corrected chi connectivity index (χ0v) is 13.0. The number of hydrogen-bond acceptors (Lipinski definition) is 3. The molecule has 21 heavy (non-hydrogen) atoms. The van der Waals surface area contributed by atoms with Crippen molar-refractivity contribution in [3.05, 3.63) is 5.69 Å². The predicted molar refractivity (Wildman–Crippen MR) is 81.1 cm³/mol. The highest BCUT2D eigenvalue weighted by Gasteiger charge is 2.43. The average Bonchev–Trinajstić information content (AvgIpc) is 3.05. The second kappa shape index (κ2) is 5.66. The van der Waals surface area contributed by atoms with Crippen LogP contribution in [0.4, 0.5) is 10.6 Å². The van der Waals surface area contributed by atoms with Gasteiger partial charge in [-0.2, -0.15) is 0 Å². The summed E-state index contributed by atoms with van der Waals surface area (Å²) < 4.78 is 1.66. The van der Waals surface area contributed by atoms with Gasteiger partial charge in [-0.05, 0) is 38.0 Å². The van der Waals surface area contributed by atoms with E-state index >= 15 is 0 Å². The maximum absolute atomic E-state index is 12.3. The number of rotatable bonds is 2. The highest BCUT2D eigenvalue weighted by Crippen LogP contribution is 2.49. The molecule has 2 N–H and O–H groups in total. The lowest BCUT2D eigenvalue weighted by molar-refractivity contribution is 0.136. The summed E-state index contributed by atoms with van der Waals surface area (Å²) in [5.74, 6) is 0.547. The van der Waals surface area contributed by atoms with E-state index < -0.39 is 0 Å². The molecule has 0 aromatic carbocycles. The summed E-state index contributed by atoms with van der Waals surface area (Å²) in [7, 11) is 1.82. The molecule has 1 unspecified atom stereocenters. The van der Waals surface area contributed by atoms with Gasteiger partial charge in [-0.25, -0.2) is 4.79 Å². The van der Waals surface area contributed by atoms with Crippen molar-refractivity contribution in [2.24, 2.45) is 12.5 Å². The fourth-order valence-corrected chi connectivity index (χ4v) is 4.03. The van der Waals surface area contributed by atoms with E-state index in [4.69, 9.17) is 0 Å². The Labute approximate surface area is 125 Å². The average molecular weight is 291 g/mol. The minimum absolute atomic E-state index is 0.142. The Morgan fingerprint density at radius 3 is 2.52 bits per heavy atom. The summed E-state index contributed by atoms with van der Waals surface area (Å²) in [5.41, 5.74) is 1.22. The summed E-state index contributed by atoms with van der Waals surface area (Å²) in [5, 5.41) is 13.9.